The first-order valence-electron chi connectivity index (χ1n) is 23.3. The topological polar surface area (TPSA) is 135 Å². The number of nitro benzene ring substituents is 1. The van der Waals surface area contributed by atoms with E-state index in [-0.39, 0.29) is 35.9 Å². The van der Waals surface area contributed by atoms with Gasteiger partial charge < -0.3 is 23.8 Å². The molecule has 3 aromatic carbocycles. The van der Waals surface area contributed by atoms with Crippen LogP contribution in [0.5, 0.6) is 17.2 Å². The molecule has 0 fully saturated rings. The minimum atomic E-state index is -1.06. The maximum atomic E-state index is 13.9. The lowest BCUT2D eigenvalue weighted by atomic mass is 9.68. The number of non-ortho nitro benzene ring substituents is 1. The largest absolute Gasteiger partial charge is 0.463 e. The van der Waals surface area contributed by atoms with E-state index in [4.69, 9.17) is 18.9 Å². The lowest BCUT2D eigenvalue weighted by Gasteiger charge is -2.47. The van der Waals surface area contributed by atoms with Gasteiger partial charge in [-0.15, -0.1) is 5.92 Å². The summed E-state index contributed by atoms with van der Waals surface area (Å²) in [6.07, 6.45) is 10.0. The van der Waals surface area contributed by atoms with Crippen LogP contribution in [0.3, 0.4) is 0 Å². The lowest BCUT2D eigenvalue weighted by Crippen LogP contribution is -2.60. The molecule has 2 atom stereocenters. The van der Waals surface area contributed by atoms with Crippen molar-refractivity contribution in [2.45, 2.75) is 142 Å². The second kappa shape index (κ2) is 20.1. The Morgan fingerprint density at radius 2 is 1.46 bits per heavy atom. The van der Waals surface area contributed by atoms with Gasteiger partial charge in [0.25, 0.3) is 5.69 Å². The van der Waals surface area contributed by atoms with E-state index < -0.39 is 55.6 Å². The number of esters is 3. The van der Waals surface area contributed by atoms with Crippen molar-refractivity contribution in [1.82, 2.24) is 0 Å². The van der Waals surface area contributed by atoms with Gasteiger partial charge in [0, 0.05) is 35.4 Å². The molecule has 3 aromatic rings. The van der Waals surface area contributed by atoms with Crippen LogP contribution in [-0.2, 0) is 19.7 Å². The Kier molecular flexibility index (Phi) is 16.2. The molecule has 0 radical (unpaired) electrons. The number of nitrogens with zero attached hydrogens (tertiary/aromatic N) is 2. The van der Waals surface area contributed by atoms with Crippen molar-refractivity contribution in [3.8, 4) is 29.1 Å². The Hall–Kier alpha value is -5.89. The molecule has 2 heterocycles. The highest BCUT2D eigenvalue weighted by atomic mass is 16.6. The highest BCUT2D eigenvalue weighted by Gasteiger charge is 2.59. The number of anilines is 1. The summed E-state index contributed by atoms with van der Waals surface area (Å²) in [7, 11) is 0. The number of hydrogen-bond acceptors (Lipinski definition) is 10. The van der Waals surface area contributed by atoms with Crippen LogP contribution >= 0.6 is 0 Å². The van der Waals surface area contributed by atoms with E-state index in [9.17, 15) is 24.5 Å². The first-order valence-corrected chi connectivity index (χ1v) is 23.3. The highest BCUT2D eigenvalue weighted by molar-refractivity contribution is 5.91. The first kappa shape index (κ1) is 53.7. The Labute approximate surface area is 399 Å². The summed E-state index contributed by atoms with van der Waals surface area (Å²) in [5.41, 5.74) is -1.74. The van der Waals surface area contributed by atoms with Crippen molar-refractivity contribution >= 4 is 35.4 Å². The molecule has 11 nitrogen and oxygen atoms in total. The number of nitro groups is 1. The van der Waals surface area contributed by atoms with E-state index in [0.29, 0.717) is 22.6 Å². The summed E-state index contributed by atoms with van der Waals surface area (Å²) in [4.78, 5) is 54.1. The lowest BCUT2D eigenvalue weighted by molar-refractivity contribution is -0.384. The molecule has 2 unspecified atom stereocenters. The molecule has 362 valence electrons. The summed E-state index contributed by atoms with van der Waals surface area (Å²) >= 11 is 0. The Morgan fingerprint density at radius 1 is 0.866 bits per heavy atom. The molecule has 2 aliphatic rings. The molecule has 0 amide bonds. The third kappa shape index (κ3) is 11.3. The highest BCUT2D eigenvalue weighted by Crippen LogP contribution is 2.55. The molecule has 67 heavy (non-hydrogen) atoms. The number of ether oxygens (including phenoxy) is 4. The van der Waals surface area contributed by atoms with E-state index >= 15 is 0 Å². The van der Waals surface area contributed by atoms with Crippen molar-refractivity contribution in [2.75, 3.05) is 18.1 Å². The predicted molar refractivity (Wildman–Crippen MR) is 267 cm³/mol. The van der Waals surface area contributed by atoms with Crippen LogP contribution in [0.2, 0.25) is 0 Å². The van der Waals surface area contributed by atoms with Gasteiger partial charge in [0.2, 0.25) is 5.72 Å². The van der Waals surface area contributed by atoms with Gasteiger partial charge in [-0.05, 0) is 120 Å². The molecule has 0 saturated heterocycles. The summed E-state index contributed by atoms with van der Waals surface area (Å²) in [6, 6.07) is 16.6. The average Bonchev–Trinajstić information content (AvgIpc) is 3.40. The molecule has 5 rings (SSSR count). The smallest absolute Gasteiger partial charge is 0.338 e. The monoisotopic (exact) mass is 919 g/mol. The van der Waals surface area contributed by atoms with E-state index in [2.05, 4.69) is 53.4 Å². The summed E-state index contributed by atoms with van der Waals surface area (Å²) in [5.74, 6) is 5.63. The third-order valence-corrected chi connectivity index (χ3v) is 14.2. The van der Waals surface area contributed by atoms with Crippen molar-refractivity contribution < 1.29 is 38.3 Å². The Balaban J connectivity index is 0.000000789. The summed E-state index contributed by atoms with van der Waals surface area (Å²) in [6.45, 7) is 33.9. The van der Waals surface area contributed by atoms with Crippen LogP contribution in [0.4, 0.5) is 11.4 Å². The molecule has 0 N–H and O–H groups in total. The van der Waals surface area contributed by atoms with Gasteiger partial charge in [0.15, 0.2) is 0 Å². The number of hydrogen-bond donors (Lipinski definition) is 0. The summed E-state index contributed by atoms with van der Waals surface area (Å²) < 4.78 is 24.4. The zero-order valence-corrected chi connectivity index (χ0v) is 43.1. The molecule has 1 spiro atoms. The van der Waals surface area contributed by atoms with Crippen LogP contribution in [0, 0.1) is 54.9 Å². The molecule has 0 aromatic heterocycles. The summed E-state index contributed by atoms with van der Waals surface area (Å²) in [5, 5.41) is 11.5. The number of carbonyl (C=O) groups excluding carboxylic acids is 3. The molecule has 0 saturated carbocycles. The van der Waals surface area contributed by atoms with E-state index in [1.807, 2.05) is 102 Å². The minimum absolute atomic E-state index is 0.0263. The second-order valence-electron chi connectivity index (χ2n) is 21.8. The number of benzene rings is 3. The number of allylic oxidation sites excluding steroid dienone is 2. The van der Waals surface area contributed by atoms with Gasteiger partial charge in [0.1, 0.15) is 23.9 Å². The van der Waals surface area contributed by atoms with Gasteiger partial charge in [-0.2, -0.15) is 0 Å². The van der Waals surface area contributed by atoms with Crippen molar-refractivity contribution in [3.05, 3.63) is 106 Å². The standard InChI is InChI=1S/C45H54N2O9.C11H20/c1-13-21-41(5,6)44(11,12)39(50)55-33-27-30(26-32(28-33)54-38(49)43(9,10)40(2,3)4)37(48)53-24-23-46-35-17-15-14-16-34(35)42(7,8)45(46)22-20-29-25-31(47(51)52)18-19-36(29)56-45;1-6-8-10(9-7-2)11(3,4)5/h13-22,25-28H,23-24H2,1-12H3;10H,6,8H2,1-5H3. The first-order chi connectivity index (χ1) is 30.9. The molecule has 11 heteroatoms. The average molecular weight is 919 g/mol. The molecule has 0 aliphatic carbocycles. The van der Waals surface area contributed by atoms with E-state index in [1.54, 1.807) is 33.8 Å². The van der Waals surface area contributed by atoms with Crippen LogP contribution in [0.25, 0.3) is 6.08 Å². The van der Waals surface area contributed by atoms with Gasteiger partial charge in [-0.1, -0.05) is 105 Å². The van der Waals surface area contributed by atoms with Gasteiger partial charge in [0.05, 0.1) is 33.3 Å². The fourth-order valence-corrected chi connectivity index (χ4v) is 7.96. The molecular weight excluding hydrogens is 845 g/mol. The normalized spacial score (nSPS) is 16.9. The van der Waals surface area contributed by atoms with Gasteiger partial charge >= 0.3 is 17.9 Å². The maximum Gasteiger partial charge on any atom is 0.338 e. The number of carbonyl (C=O) groups is 3. The minimum Gasteiger partial charge on any atom is -0.463 e. The molecule has 0 bridgehead atoms. The predicted octanol–water partition coefficient (Wildman–Crippen LogP) is 13.3. The van der Waals surface area contributed by atoms with Gasteiger partial charge in [-0.25, -0.2) is 4.79 Å². The fraction of sp³-hybridized carbons (Fsp3) is 0.518. The van der Waals surface area contributed by atoms with Crippen LogP contribution in [0.1, 0.15) is 152 Å². The molecular formula is C56H74N2O9. The van der Waals surface area contributed by atoms with Crippen LogP contribution < -0.4 is 19.1 Å². The van der Waals surface area contributed by atoms with Crippen molar-refractivity contribution in [1.29, 1.82) is 0 Å². The molecule has 2 aliphatic heterocycles. The number of fused-ring (bicyclic) bond motifs is 2. The van der Waals surface area contributed by atoms with Crippen molar-refractivity contribution in [3.63, 3.8) is 0 Å². The van der Waals surface area contributed by atoms with Crippen LogP contribution in [0.15, 0.2) is 78.9 Å². The Bertz CT molecular complexity index is 2450. The van der Waals surface area contributed by atoms with Gasteiger partial charge in [-0.3, -0.25) is 19.7 Å². The van der Waals surface area contributed by atoms with Crippen LogP contribution in [-0.4, -0.2) is 41.7 Å². The number of rotatable bonds is 13. The SMILES string of the molecule is CC#CC(CCC)C(C)(C)C.CC=CC(C)(C)C(C)(C)C(=O)Oc1cc(OC(=O)C(C)(C)C(C)(C)C)cc(C(=O)OCCN2c3ccccc3C(C)(C)C23C=Cc2cc([N+](=O)[O-])ccc2O3)c1. The Morgan fingerprint density at radius 3 is 2.00 bits per heavy atom. The fourth-order valence-electron chi connectivity index (χ4n) is 7.96. The van der Waals surface area contributed by atoms with E-state index in [1.165, 1.54) is 43.2 Å². The number of para-hydroxylation sites is 1. The third-order valence-electron chi connectivity index (χ3n) is 14.2. The zero-order valence-electron chi connectivity index (χ0n) is 43.1. The second-order valence-corrected chi connectivity index (χ2v) is 21.8. The quantitative estimate of drug-likeness (QED) is 0.0407. The van der Waals surface area contributed by atoms with E-state index in [0.717, 1.165) is 11.3 Å². The maximum absolute atomic E-state index is 13.9. The van der Waals surface area contributed by atoms with Crippen molar-refractivity contribution in [2.24, 2.45) is 33.0 Å². The zero-order chi connectivity index (χ0) is 50.6.